The molecule has 0 bridgehead atoms. The van der Waals surface area contributed by atoms with Crippen LogP contribution in [0.2, 0.25) is 15.1 Å². The van der Waals surface area contributed by atoms with Crippen LogP contribution in [0, 0.1) is 0 Å². The lowest BCUT2D eigenvalue weighted by Crippen LogP contribution is -2.37. The fourth-order valence-corrected chi connectivity index (χ4v) is 5.10. The number of halogens is 3. The molecule has 3 aromatic rings. The van der Waals surface area contributed by atoms with Gasteiger partial charge in [-0.3, -0.25) is 4.79 Å². The highest BCUT2D eigenvalue weighted by Crippen LogP contribution is 2.29. The number of rotatable bonds is 8. The van der Waals surface area contributed by atoms with E-state index in [1.165, 1.54) is 31.4 Å². The number of nitrogens with zero attached hydrogens (tertiary/aromatic N) is 1. The minimum absolute atomic E-state index is 0.0193. The highest BCUT2D eigenvalue weighted by molar-refractivity contribution is 7.89. The largest absolute Gasteiger partial charge is 0.495 e. The second-order valence-corrected chi connectivity index (χ2v) is 9.92. The molecule has 0 aliphatic rings. The maximum atomic E-state index is 13.4. The van der Waals surface area contributed by atoms with E-state index in [9.17, 15) is 13.2 Å². The first-order chi connectivity index (χ1) is 15.2. The second-order valence-electron chi connectivity index (χ2n) is 6.73. The number of amides is 1. The molecule has 3 aromatic carbocycles. The lowest BCUT2D eigenvalue weighted by atomic mass is 10.2. The Morgan fingerprint density at radius 2 is 1.69 bits per heavy atom. The number of anilines is 1. The average molecular weight is 514 g/mol. The fourth-order valence-electron chi connectivity index (χ4n) is 2.91. The first-order valence-electron chi connectivity index (χ1n) is 9.33. The molecule has 0 saturated carbocycles. The number of carbonyl (C=O) groups excluding carboxylic acids is 1. The molecular weight excluding hydrogens is 495 g/mol. The van der Waals surface area contributed by atoms with Gasteiger partial charge in [0.1, 0.15) is 5.75 Å². The molecule has 10 heteroatoms. The van der Waals surface area contributed by atoms with E-state index < -0.39 is 22.5 Å². The summed E-state index contributed by atoms with van der Waals surface area (Å²) in [5.74, 6) is -0.219. The van der Waals surface area contributed by atoms with Crippen molar-refractivity contribution in [2.75, 3.05) is 19.0 Å². The van der Waals surface area contributed by atoms with Crippen LogP contribution in [-0.4, -0.2) is 32.3 Å². The van der Waals surface area contributed by atoms with Gasteiger partial charge in [0, 0.05) is 11.6 Å². The highest BCUT2D eigenvalue weighted by atomic mass is 35.5. The molecule has 0 atom stereocenters. The Hall–Kier alpha value is -2.29. The number of ether oxygens (including phenoxy) is 1. The summed E-state index contributed by atoms with van der Waals surface area (Å²) in [4.78, 5) is 12.7. The Morgan fingerprint density at radius 3 is 2.31 bits per heavy atom. The van der Waals surface area contributed by atoms with Crippen molar-refractivity contribution < 1.29 is 17.9 Å². The van der Waals surface area contributed by atoms with Crippen molar-refractivity contribution in [2.45, 2.75) is 11.4 Å². The van der Waals surface area contributed by atoms with Gasteiger partial charge in [-0.15, -0.1) is 0 Å². The first-order valence-corrected chi connectivity index (χ1v) is 11.9. The van der Waals surface area contributed by atoms with Gasteiger partial charge < -0.3 is 10.1 Å². The molecule has 1 N–H and O–H groups in total. The van der Waals surface area contributed by atoms with Crippen LogP contribution in [0.25, 0.3) is 0 Å². The number of nitrogens with one attached hydrogen (secondary N) is 1. The third-order valence-corrected chi connectivity index (χ3v) is 7.12. The first kappa shape index (κ1) is 24.4. The number of benzene rings is 3. The van der Waals surface area contributed by atoms with Gasteiger partial charge in [0.05, 0.1) is 34.3 Å². The number of methoxy groups -OCH3 is 1. The molecule has 0 aromatic heterocycles. The molecule has 1 amide bonds. The van der Waals surface area contributed by atoms with Crippen molar-refractivity contribution >= 4 is 56.4 Å². The van der Waals surface area contributed by atoms with Crippen LogP contribution < -0.4 is 10.1 Å². The van der Waals surface area contributed by atoms with Crippen LogP contribution in [0.5, 0.6) is 5.75 Å². The van der Waals surface area contributed by atoms with Crippen molar-refractivity contribution in [1.29, 1.82) is 0 Å². The maximum absolute atomic E-state index is 13.4. The molecule has 3 rings (SSSR count). The summed E-state index contributed by atoms with van der Waals surface area (Å²) < 4.78 is 32.9. The molecule has 0 aliphatic carbocycles. The topological polar surface area (TPSA) is 75.7 Å². The van der Waals surface area contributed by atoms with Crippen LogP contribution in [0.15, 0.2) is 71.6 Å². The summed E-state index contributed by atoms with van der Waals surface area (Å²) in [6.07, 6.45) is 0. The molecule has 32 heavy (non-hydrogen) atoms. The van der Waals surface area contributed by atoms with Crippen molar-refractivity contribution in [3.8, 4) is 5.75 Å². The Bertz CT molecular complexity index is 1220. The molecule has 0 heterocycles. The fraction of sp³-hybridized carbons (Fsp3) is 0.136. The SMILES string of the molecule is COc1ccc(S(=O)(=O)N(CC(=O)Nc2ccc(Cl)cc2Cl)Cc2ccccc2)cc1Cl. The molecule has 0 radical (unpaired) electrons. The van der Waals surface area contributed by atoms with Gasteiger partial charge in [-0.1, -0.05) is 65.1 Å². The number of hydrogen-bond donors (Lipinski definition) is 1. The van der Waals surface area contributed by atoms with Crippen LogP contribution in [0.4, 0.5) is 5.69 Å². The summed E-state index contributed by atoms with van der Waals surface area (Å²) in [5, 5.41) is 3.42. The van der Waals surface area contributed by atoms with Gasteiger partial charge >= 0.3 is 0 Å². The summed E-state index contributed by atoms with van der Waals surface area (Å²) >= 11 is 18.1. The van der Waals surface area contributed by atoms with Crippen LogP contribution >= 0.6 is 34.8 Å². The quantitative estimate of drug-likeness (QED) is 0.432. The molecule has 0 fully saturated rings. The van der Waals surface area contributed by atoms with E-state index in [0.29, 0.717) is 22.0 Å². The van der Waals surface area contributed by atoms with Gasteiger partial charge in [0.25, 0.3) is 0 Å². The monoisotopic (exact) mass is 512 g/mol. The lowest BCUT2D eigenvalue weighted by Gasteiger charge is -2.22. The van der Waals surface area contributed by atoms with E-state index in [0.717, 1.165) is 4.31 Å². The molecule has 0 unspecified atom stereocenters. The normalized spacial score (nSPS) is 11.4. The lowest BCUT2D eigenvalue weighted by molar-refractivity contribution is -0.116. The van der Waals surface area contributed by atoms with Crippen molar-refractivity contribution in [3.63, 3.8) is 0 Å². The molecule has 0 saturated heterocycles. The molecule has 168 valence electrons. The van der Waals surface area contributed by atoms with Crippen molar-refractivity contribution in [3.05, 3.63) is 87.4 Å². The summed E-state index contributed by atoms with van der Waals surface area (Å²) in [7, 11) is -2.64. The Balaban J connectivity index is 1.90. The zero-order chi connectivity index (χ0) is 23.3. The van der Waals surface area contributed by atoms with Gasteiger partial charge in [-0.2, -0.15) is 4.31 Å². The van der Waals surface area contributed by atoms with E-state index in [1.54, 1.807) is 36.4 Å². The van der Waals surface area contributed by atoms with Crippen LogP contribution in [0.3, 0.4) is 0 Å². The molecule has 0 aliphatic heterocycles. The standard InChI is InChI=1S/C22H19Cl3N2O4S/c1-31-21-10-8-17(12-19(21)25)32(29,30)27(13-15-5-3-2-4-6-15)14-22(28)26-20-9-7-16(23)11-18(20)24/h2-12H,13-14H2,1H3,(H,26,28). The van der Waals surface area contributed by atoms with Gasteiger partial charge in [-0.05, 0) is 42.0 Å². The van der Waals surface area contributed by atoms with E-state index in [4.69, 9.17) is 39.5 Å². The van der Waals surface area contributed by atoms with Crippen molar-refractivity contribution in [2.24, 2.45) is 0 Å². The molecule has 6 nitrogen and oxygen atoms in total. The van der Waals surface area contributed by atoms with E-state index in [2.05, 4.69) is 5.32 Å². The van der Waals surface area contributed by atoms with Crippen LogP contribution in [0.1, 0.15) is 5.56 Å². The zero-order valence-corrected chi connectivity index (χ0v) is 20.0. The van der Waals surface area contributed by atoms with Gasteiger partial charge in [-0.25, -0.2) is 8.42 Å². The third-order valence-electron chi connectivity index (χ3n) is 4.49. The van der Waals surface area contributed by atoms with Gasteiger partial charge in [0.2, 0.25) is 15.9 Å². The molecular formula is C22H19Cl3N2O4S. The Labute approximate surface area is 201 Å². The number of carbonyl (C=O) groups is 1. The average Bonchev–Trinajstić information content (AvgIpc) is 2.76. The second kappa shape index (κ2) is 10.6. The minimum atomic E-state index is -4.07. The third kappa shape index (κ3) is 5.94. The number of hydrogen-bond acceptors (Lipinski definition) is 4. The van der Waals surface area contributed by atoms with E-state index >= 15 is 0 Å². The van der Waals surface area contributed by atoms with Crippen LogP contribution in [-0.2, 0) is 21.4 Å². The Kier molecular flexibility index (Phi) is 8.03. The minimum Gasteiger partial charge on any atom is -0.495 e. The Morgan fingerprint density at radius 1 is 0.969 bits per heavy atom. The summed E-state index contributed by atoms with van der Waals surface area (Å²) in [6.45, 7) is -0.464. The van der Waals surface area contributed by atoms with Crippen molar-refractivity contribution in [1.82, 2.24) is 4.31 Å². The summed E-state index contributed by atoms with van der Waals surface area (Å²) in [5.41, 5.74) is 1.04. The number of sulfonamides is 1. The zero-order valence-electron chi connectivity index (χ0n) is 16.9. The smallest absolute Gasteiger partial charge is 0.243 e. The van der Waals surface area contributed by atoms with Gasteiger partial charge in [0.15, 0.2) is 0 Å². The van der Waals surface area contributed by atoms with E-state index in [1.807, 2.05) is 6.07 Å². The molecule has 0 spiro atoms. The predicted molar refractivity (Wildman–Crippen MR) is 127 cm³/mol. The predicted octanol–water partition coefficient (Wildman–Crippen LogP) is 5.49. The maximum Gasteiger partial charge on any atom is 0.243 e. The summed E-state index contributed by atoms with van der Waals surface area (Å²) in [6, 6.07) is 17.7. The highest BCUT2D eigenvalue weighted by Gasteiger charge is 2.28. The van der Waals surface area contributed by atoms with E-state index in [-0.39, 0.29) is 21.5 Å².